The molecule has 1 atom stereocenters. The van der Waals surface area contributed by atoms with E-state index < -0.39 is 0 Å². The topological polar surface area (TPSA) is 84.0 Å². The Morgan fingerprint density at radius 3 is 2.62 bits per heavy atom. The summed E-state index contributed by atoms with van der Waals surface area (Å²) in [7, 11) is 0. The van der Waals surface area contributed by atoms with E-state index in [1.807, 2.05) is 51.1 Å². The minimum Gasteiger partial charge on any atom is -0.321 e. The van der Waals surface area contributed by atoms with Crippen molar-refractivity contribution in [3.05, 3.63) is 72.2 Å². The summed E-state index contributed by atoms with van der Waals surface area (Å²) in [6.45, 7) is 5.83. The van der Waals surface area contributed by atoms with Crippen molar-refractivity contribution in [1.29, 1.82) is 0 Å². The van der Waals surface area contributed by atoms with E-state index in [-0.39, 0.29) is 17.7 Å². The lowest BCUT2D eigenvalue weighted by molar-refractivity contribution is -0.119. The third kappa shape index (κ3) is 5.04. The maximum Gasteiger partial charge on any atom is 0.255 e. The molecule has 0 saturated carbocycles. The van der Waals surface area contributed by atoms with Gasteiger partial charge in [-0.2, -0.15) is 0 Å². The molecular formula is C23H24N4O2. The summed E-state index contributed by atoms with van der Waals surface area (Å²) < 4.78 is 0. The van der Waals surface area contributed by atoms with Crippen LogP contribution >= 0.6 is 0 Å². The Kier molecular flexibility index (Phi) is 6.34. The van der Waals surface area contributed by atoms with Crippen molar-refractivity contribution in [3.63, 3.8) is 0 Å². The number of aromatic nitrogens is 2. The highest BCUT2D eigenvalue weighted by Gasteiger charge is 2.13. The van der Waals surface area contributed by atoms with Crippen molar-refractivity contribution in [3.8, 4) is 11.1 Å². The predicted molar refractivity (Wildman–Crippen MR) is 115 cm³/mol. The molecule has 0 bridgehead atoms. The number of nitrogens with one attached hydrogen (secondary N) is 2. The lowest BCUT2D eigenvalue weighted by Crippen LogP contribution is -2.21. The zero-order chi connectivity index (χ0) is 20.8. The van der Waals surface area contributed by atoms with Crippen LogP contribution in [0, 0.1) is 12.8 Å². The van der Waals surface area contributed by atoms with Crippen LogP contribution in [0.15, 0.2) is 61.1 Å². The highest BCUT2D eigenvalue weighted by Crippen LogP contribution is 2.24. The molecule has 0 radical (unpaired) electrons. The number of hydrogen-bond donors (Lipinski definition) is 2. The summed E-state index contributed by atoms with van der Waals surface area (Å²) in [5.41, 5.74) is 4.12. The molecule has 3 aromatic rings. The lowest BCUT2D eigenvalue weighted by Gasteiger charge is -2.11. The molecule has 1 unspecified atom stereocenters. The Bertz CT molecular complexity index is 1030. The average molecular weight is 388 g/mol. The molecule has 2 aromatic heterocycles. The number of rotatable bonds is 6. The number of hydrogen-bond acceptors (Lipinski definition) is 4. The predicted octanol–water partition coefficient (Wildman–Crippen LogP) is 4.69. The Morgan fingerprint density at radius 2 is 1.86 bits per heavy atom. The van der Waals surface area contributed by atoms with Gasteiger partial charge in [-0.25, -0.2) is 4.98 Å². The van der Waals surface area contributed by atoms with Gasteiger partial charge in [0.15, 0.2) is 0 Å². The number of nitrogens with zero attached hydrogens (tertiary/aromatic N) is 2. The van der Waals surface area contributed by atoms with E-state index >= 15 is 0 Å². The maximum absolute atomic E-state index is 12.7. The summed E-state index contributed by atoms with van der Waals surface area (Å²) in [5.74, 6) is -0.179. The van der Waals surface area contributed by atoms with Gasteiger partial charge >= 0.3 is 0 Å². The zero-order valence-corrected chi connectivity index (χ0v) is 16.8. The molecule has 6 nitrogen and oxygen atoms in total. The van der Waals surface area contributed by atoms with Crippen LogP contribution in [0.5, 0.6) is 0 Å². The number of benzene rings is 1. The first kappa shape index (κ1) is 20.2. The second-order valence-electron chi connectivity index (χ2n) is 6.96. The fourth-order valence-electron chi connectivity index (χ4n) is 2.83. The molecule has 0 saturated heterocycles. The summed E-state index contributed by atoms with van der Waals surface area (Å²) in [6, 6.07) is 13.1. The van der Waals surface area contributed by atoms with E-state index in [1.165, 1.54) is 6.20 Å². The van der Waals surface area contributed by atoms with Crippen LogP contribution in [0.1, 0.15) is 36.2 Å². The molecule has 0 aliphatic carbocycles. The first-order valence-corrected chi connectivity index (χ1v) is 9.57. The first-order chi connectivity index (χ1) is 14.0. The van der Waals surface area contributed by atoms with E-state index in [1.54, 1.807) is 24.5 Å². The van der Waals surface area contributed by atoms with E-state index in [2.05, 4.69) is 20.6 Å². The summed E-state index contributed by atoms with van der Waals surface area (Å²) in [5, 5.41) is 5.61. The number of amides is 2. The lowest BCUT2D eigenvalue weighted by atomic mass is 10.0. The van der Waals surface area contributed by atoms with Crippen LogP contribution in [0.2, 0.25) is 0 Å². The number of anilines is 2. The molecule has 2 N–H and O–H groups in total. The third-order valence-corrected chi connectivity index (χ3v) is 4.79. The molecule has 29 heavy (non-hydrogen) atoms. The second kappa shape index (κ2) is 9.10. The van der Waals surface area contributed by atoms with Crippen LogP contribution in [-0.2, 0) is 4.79 Å². The quantitative estimate of drug-likeness (QED) is 0.642. The molecule has 148 valence electrons. The van der Waals surface area contributed by atoms with Crippen molar-refractivity contribution in [1.82, 2.24) is 9.97 Å². The van der Waals surface area contributed by atoms with Crippen LogP contribution in [0.4, 0.5) is 11.5 Å². The van der Waals surface area contributed by atoms with Gasteiger partial charge in [0.25, 0.3) is 5.91 Å². The van der Waals surface area contributed by atoms with Crippen LogP contribution < -0.4 is 10.6 Å². The van der Waals surface area contributed by atoms with Gasteiger partial charge in [-0.3, -0.25) is 14.6 Å². The Labute approximate surface area is 170 Å². The molecule has 0 aliphatic rings. The summed E-state index contributed by atoms with van der Waals surface area (Å²) in [6.07, 6.45) is 5.61. The van der Waals surface area contributed by atoms with Gasteiger partial charge in [-0.05, 0) is 42.7 Å². The Balaban J connectivity index is 1.76. The second-order valence-corrected chi connectivity index (χ2v) is 6.96. The van der Waals surface area contributed by atoms with Gasteiger partial charge in [0.05, 0.1) is 11.9 Å². The van der Waals surface area contributed by atoms with Crippen LogP contribution in [0.3, 0.4) is 0 Å². The minimum absolute atomic E-state index is 0.118. The average Bonchev–Trinajstić information content (AvgIpc) is 2.73. The van der Waals surface area contributed by atoms with Crippen molar-refractivity contribution < 1.29 is 9.59 Å². The third-order valence-electron chi connectivity index (χ3n) is 4.79. The monoisotopic (exact) mass is 388 g/mol. The molecule has 2 amide bonds. The van der Waals surface area contributed by atoms with Gasteiger partial charge in [0.1, 0.15) is 5.82 Å². The molecule has 1 aromatic carbocycles. The summed E-state index contributed by atoms with van der Waals surface area (Å²) in [4.78, 5) is 33.1. The van der Waals surface area contributed by atoms with Crippen LogP contribution in [-0.4, -0.2) is 21.8 Å². The van der Waals surface area contributed by atoms with E-state index in [0.717, 1.165) is 23.1 Å². The normalized spacial score (nSPS) is 11.6. The number of carbonyl (C=O) groups is 2. The van der Waals surface area contributed by atoms with E-state index in [9.17, 15) is 9.59 Å². The SMILES string of the molecule is CCC(C)C(=O)Nc1cc(C(=O)Nc2cncc(-c3ccccc3C)c2)ccn1. The number of aryl methyl sites for hydroxylation is 1. The molecule has 2 heterocycles. The van der Waals surface area contributed by atoms with Crippen LogP contribution in [0.25, 0.3) is 11.1 Å². The molecule has 0 aliphatic heterocycles. The number of pyridine rings is 2. The standard InChI is InChI=1S/C23H24N4O2/c1-4-15(2)22(28)27-21-12-17(9-10-25-21)23(29)26-19-11-18(13-24-14-19)20-8-6-5-7-16(20)3/h5-15H,4H2,1-3H3,(H,26,29)(H,25,27,28). The maximum atomic E-state index is 12.7. The molecule has 3 rings (SSSR count). The largest absolute Gasteiger partial charge is 0.321 e. The molecule has 0 spiro atoms. The van der Waals surface area contributed by atoms with Gasteiger partial charge in [0.2, 0.25) is 5.91 Å². The first-order valence-electron chi connectivity index (χ1n) is 9.57. The molecule has 0 fully saturated rings. The number of carbonyl (C=O) groups excluding carboxylic acids is 2. The Hall–Kier alpha value is -3.54. The fourth-order valence-corrected chi connectivity index (χ4v) is 2.83. The smallest absolute Gasteiger partial charge is 0.255 e. The van der Waals surface area contributed by atoms with E-state index in [0.29, 0.717) is 17.1 Å². The van der Waals surface area contributed by atoms with E-state index in [4.69, 9.17) is 0 Å². The highest BCUT2D eigenvalue weighted by molar-refractivity contribution is 6.05. The van der Waals surface area contributed by atoms with Crippen molar-refractivity contribution >= 4 is 23.3 Å². The van der Waals surface area contributed by atoms with Crippen molar-refractivity contribution in [2.24, 2.45) is 5.92 Å². The van der Waals surface area contributed by atoms with Gasteiger partial charge in [0, 0.05) is 29.4 Å². The summed E-state index contributed by atoms with van der Waals surface area (Å²) >= 11 is 0. The van der Waals surface area contributed by atoms with Gasteiger partial charge in [-0.1, -0.05) is 38.1 Å². The van der Waals surface area contributed by atoms with Gasteiger partial charge < -0.3 is 10.6 Å². The molecule has 6 heteroatoms. The van der Waals surface area contributed by atoms with Crippen molar-refractivity contribution in [2.45, 2.75) is 27.2 Å². The Morgan fingerprint density at radius 1 is 1.07 bits per heavy atom. The van der Waals surface area contributed by atoms with Crippen molar-refractivity contribution in [2.75, 3.05) is 10.6 Å². The highest BCUT2D eigenvalue weighted by atomic mass is 16.2. The minimum atomic E-state index is -0.296. The van der Waals surface area contributed by atoms with Gasteiger partial charge in [-0.15, -0.1) is 0 Å². The molecular weight excluding hydrogens is 364 g/mol. The zero-order valence-electron chi connectivity index (χ0n) is 16.8. The fraction of sp³-hybridized carbons (Fsp3) is 0.217.